The molecule has 0 aromatic carbocycles. The molecule has 0 saturated carbocycles. The van der Waals surface area contributed by atoms with Gasteiger partial charge >= 0.3 is 0 Å². The van der Waals surface area contributed by atoms with Crippen molar-refractivity contribution in [1.82, 2.24) is 5.32 Å². The summed E-state index contributed by atoms with van der Waals surface area (Å²) in [5.41, 5.74) is 0. The molecular weight excluding hydrogens is 494 g/mol. The van der Waals surface area contributed by atoms with E-state index in [1.54, 1.807) is 0 Å². The van der Waals surface area contributed by atoms with Crippen LogP contribution in [-0.2, 0) is 4.79 Å². The zero-order valence-corrected chi connectivity index (χ0v) is 26.9. The van der Waals surface area contributed by atoms with Crippen molar-refractivity contribution in [2.75, 3.05) is 6.61 Å². The Hall–Kier alpha value is -1.13. The molecule has 0 saturated heterocycles. The summed E-state index contributed by atoms with van der Waals surface area (Å²) in [5, 5.41) is 23.0. The maximum Gasteiger partial charge on any atom is 0.220 e. The molecule has 0 spiro atoms. The highest BCUT2D eigenvalue weighted by molar-refractivity contribution is 5.76. The topological polar surface area (TPSA) is 69.6 Å². The number of hydrogen-bond donors (Lipinski definition) is 3. The highest BCUT2D eigenvalue weighted by Gasteiger charge is 2.19. The van der Waals surface area contributed by atoms with Crippen molar-refractivity contribution < 1.29 is 15.0 Å². The van der Waals surface area contributed by atoms with Crippen LogP contribution in [0.25, 0.3) is 0 Å². The number of amides is 1. The quantitative estimate of drug-likeness (QED) is 0.0580. The van der Waals surface area contributed by atoms with E-state index in [0.29, 0.717) is 12.8 Å². The van der Waals surface area contributed by atoms with Gasteiger partial charge in [0.1, 0.15) is 0 Å². The molecule has 0 aliphatic heterocycles. The van der Waals surface area contributed by atoms with Gasteiger partial charge in [0.15, 0.2) is 0 Å². The fourth-order valence-corrected chi connectivity index (χ4v) is 5.22. The van der Waals surface area contributed by atoms with Gasteiger partial charge in [0, 0.05) is 6.42 Å². The van der Waals surface area contributed by atoms with Gasteiger partial charge in [0.2, 0.25) is 5.91 Å². The van der Waals surface area contributed by atoms with Crippen molar-refractivity contribution in [3.8, 4) is 0 Å². The van der Waals surface area contributed by atoms with E-state index in [-0.39, 0.29) is 12.5 Å². The van der Waals surface area contributed by atoms with Crippen LogP contribution >= 0.6 is 0 Å². The van der Waals surface area contributed by atoms with E-state index in [9.17, 15) is 15.0 Å². The van der Waals surface area contributed by atoms with E-state index < -0.39 is 12.1 Å². The summed E-state index contributed by atoms with van der Waals surface area (Å²) in [6, 6.07) is -0.536. The first-order valence-corrected chi connectivity index (χ1v) is 17.5. The van der Waals surface area contributed by atoms with Crippen LogP contribution in [0.15, 0.2) is 24.3 Å². The SMILES string of the molecule is CCC/C=C\C/C=C\CCCCCCCCCC(=O)N[C@@H](CO)C(O)CCCCCCCCCCCCCCC. The number of carbonyl (C=O) groups is 1. The van der Waals surface area contributed by atoms with Gasteiger partial charge in [-0.15, -0.1) is 0 Å². The summed E-state index contributed by atoms with van der Waals surface area (Å²) in [5.74, 6) is -0.0419. The minimum absolute atomic E-state index is 0.0419. The van der Waals surface area contributed by atoms with Gasteiger partial charge in [-0.1, -0.05) is 160 Å². The molecule has 3 N–H and O–H groups in total. The molecule has 0 aliphatic carbocycles. The van der Waals surface area contributed by atoms with Crippen molar-refractivity contribution in [3.05, 3.63) is 24.3 Å². The summed E-state index contributed by atoms with van der Waals surface area (Å²) in [7, 11) is 0. The molecule has 0 aromatic rings. The van der Waals surface area contributed by atoms with E-state index in [4.69, 9.17) is 0 Å². The van der Waals surface area contributed by atoms with Crippen LogP contribution in [0, 0.1) is 0 Å². The van der Waals surface area contributed by atoms with Crippen LogP contribution < -0.4 is 5.32 Å². The number of aliphatic hydroxyl groups is 2. The fraction of sp³-hybridized carbons (Fsp3) is 0.861. The lowest BCUT2D eigenvalue weighted by atomic mass is 10.0. The first kappa shape index (κ1) is 38.9. The number of nitrogens with one attached hydrogen (secondary N) is 1. The highest BCUT2D eigenvalue weighted by Crippen LogP contribution is 2.15. The zero-order valence-electron chi connectivity index (χ0n) is 26.9. The fourth-order valence-electron chi connectivity index (χ4n) is 5.22. The van der Waals surface area contributed by atoms with Gasteiger partial charge in [-0.05, 0) is 38.5 Å². The number of carbonyl (C=O) groups excluding carboxylic acids is 1. The third kappa shape index (κ3) is 28.4. The molecule has 4 nitrogen and oxygen atoms in total. The number of unbranched alkanes of at least 4 members (excludes halogenated alkanes) is 20. The van der Waals surface area contributed by atoms with Gasteiger partial charge in [-0.2, -0.15) is 0 Å². The van der Waals surface area contributed by atoms with Crippen LogP contribution in [0.5, 0.6) is 0 Å². The minimum atomic E-state index is -0.658. The van der Waals surface area contributed by atoms with Gasteiger partial charge in [0.05, 0.1) is 18.8 Å². The maximum absolute atomic E-state index is 12.3. The van der Waals surface area contributed by atoms with Crippen LogP contribution in [0.2, 0.25) is 0 Å². The second-order valence-electron chi connectivity index (χ2n) is 11.9. The Balaban J connectivity index is 3.59. The zero-order chi connectivity index (χ0) is 29.4. The second kappa shape index (κ2) is 32.4. The molecule has 0 aliphatic rings. The minimum Gasteiger partial charge on any atom is -0.394 e. The molecule has 4 heteroatoms. The van der Waals surface area contributed by atoms with Crippen LogP contribution in [0.1, 0.15) is 181 Å². The maximum atomic E-state index is 12.3. The average molecular weight is 564 g/mol. The van der Waals surface area contributed by atoms with Crippen molar-refractivity contribution >= 4 is 5.91 Å². The first-order valence-electron chi connectivity index (χ1n) is 17.5. The molecule has 0 bridgehead atoms. The Morgan fingerprint density at radius 2 is 1.07 bits per heavy atom. The van der Waals surface area contributed by atoms with Gasteiger partial charge in [0.25, 0.3) is 0 Å². The predicted molar refractivity (Wildman–Crippen MR) is 175 cm³/mol. The van der Waals surface area contributed by atoms with Gasteiger partial charge < -0.3 is 15.5 Å². The monoisotopic (exact) mass is 564 g/mol. The molecule has 0 aromatic heterocycles. The lowest BCUT2D eigenvalue weighted by molar-refractivity contribution is -0.123. The first-order chi connectivity index (χ1) is 19.7. The third-order valence-corrected chi connectivity index (χ3v) is 7.95. The standard InChI is InChI=1S/C36H69NO3/c1-3-5-7-9-11-13-15-17-18-20-22-24-26-28-30-32-36(40)37-34(33-38)35(39)31-29-27-25-23-21-19-16-14-12-10-8-6-4-2/h7,9,13,15,34-35,38-39H,3-6,8,10-12,14,16-33H2,1-2H3,(H,37,40)/b9-7-,15-13-/t34-,35?/m0/s1. The summed E-state index contributed by atoms with van der Waals surface area (Å²) < 4.78 is 0. The van der Waals surface area contributed by atoms with Crippen molar-refractivity contribution in [1.29, 1.82) is 0 Å². The van der Waals surface area contributed by atoms with Crippen LogP contribution in [-0.4, -0.2) is 34.9 Å². The Labute approximate surface area is 249 Å². The normalized spacial score (nSPS) is 13.4. The molecule has 0 radical (unpaired) electrons. The molecular formula is C36H69NO3. The van der Waals surface area contributed by atoms with Gasteiger partial charge in [-0.25, -0.2) is 0 Å². The van der Waals surface area contributed by atoms with E-state index in [1.165, 1.54) is 122 Å². The molecule has 0 rings (SSSR count). The Kier molecular flexibility index (Phi) is 31.5. The Morgan fingerprint density at radius 3 is 1.60 bits per heavy atom. The van der Waals surface area contributed by atoms with Gasteiger partial charge in [-0.3, -0.25) is 4.79 Å². The molecule has 1 amide bonds. The number of aliphatic hydroxyl groups excluding tert-OH is 2. The lowest BCUT2D eigenvalue weighted by Gasteiger charge is -2.22. The predicted octanol–water partition coefficient (Wildman–Crippen LogP) is 10.1. The van der Waals surface area contributed by atoms with Crippen LogP contribution in [0.4, 0.5) is 0 Å². The van der Waals surface area contributed by atoms with E-state index in [2.05, 4.69) is 43.5 Å². The van der Waals surface area contributed by atoms with Crippen molar-refractivity contribution in [2.45, 2.75) is 193 Å². The second-order valence-corrected chi connectivity index (χ2v) is 11.9. The Morgan fingerprint density at radius 1 is 0.600 bits per heavy atom. The number of hydrogen-bond acceptors (Lipinski definition) is 3. The summed E-state index contributed by atoms with van der Waals surface area (Å²) >= 11 is 0. The Bertz CT molecular complexity index is 574. The molecule has 0 fully saturated rings. The van der Waals surface area contributed by atoms with Crippen LogP contribution in [0.3, 0.4) is 0 Å². The molecule has 2 atom stereocenters. The summed E-state index contributed by atoms with van der Waals surface area (Å²) in [6.45, 7) is 4.28. The van der Waals surface area contributed by atoms with Crippen molar-refractivity contribution in [3.63, 3.8) is 0 Å². The third-order valence-electron chi connectivity index (χ3n) is 7.95. The largest absolute Gasteiger partial charge is 0.394 e. The molecule has 236 valence electrons. The smallest absolute Gasteiger partial charge is 0.220 e. The van der Waals surface area contributed by atoms with E-state index >= 15 is 0 Å². The summed E-state index contributed by atoms with van der Waals surface area (Å²) in [6.07, 6.45) is 39.3. The molecule has 1 unspecified atom stereocenters. The number of allylic oxidation sites excluding steroid dienone is 4. The lowest BCUT2D eigenvalue weighted by Crippen LogP contribution is -2.45. The molecule has 40 heavy (non-hydrogen) atoms. The number of rotatable bonds is 31. The van der Waals surface area contributed by atoms with E-state index in [1.807, 2.05) is 0 Å². The summed E-state index contributed by atoms with van der Waals surface area (Å²) in [4.78, 5) is 12.3. The average Bonchev–Trinajstić information content (AvgIpc) is 2.96. The van der Waals surface area contributed by atoms with Crippen molar-refractivity contribution in [2.24, 2.45) is 0 Å². The molecule has 0 heterocycles. The van der Waals surface area contributed by atoms with E-state index in [0.717, 1.165) is 32.1 Å². The highest BCUT2D eigenvalue weighted by atomic mass is 16.3.